The lowest BCUT2D eigenvalue weighted by atomic mass is 10.4. The van der Waals surface area contributed by atoms with Crippen molar-refractivity contribution in [2.24, 2.45) is 0 Å². The number of aromatic amines is 1. The van der Waals surface area contributed by atoms with Crippen molar-refractivity contribution in [3.05, 3.63) is 17.6 Å². The van der Waals surface area contributed by atoms with Crippen LogP contribution < -0.4 is 5.32 Å². The highest BCUT2D eigenvalue weighted by Crippen LogP contribution is 2.29. The summed E-state index contributed by atoms with van der Waals surface area (Å²) in [5.74, 6) is -0.545. The number of hydrogen-bond donors (Lipinski definition) is 2. The van der Waals surface area contributed by atoms with Gasteiger partial charge in [0.2, 0.25) is 0 Å². The summed E-state index contributed by atoms with van der Waals surface area (Å²) in [6.07, 6.45) is 1.23. The molecule has 2 N–H and O–H groups in total. The van der Waals surface area contributed by atoms with Gasteiger partial charge in [0.05, 0.1) is 11.9 Å². The molecule has 0 aliphatic rings. The van der Waals surface area contributed by atoms with Gasteiger partial charge in [-0.2, -0.15) is 15.4 Å². The van der Waals surface area contributed by atoms with Gasteiger partial charge in [0.25, 0.3) is 15.0 Å². The minimum Gasteiger partial charge on any atom is -0.296 e. The Kier molecular flexibility index (Phi) is 3.32. The molecular weight excluding hydrogens is 302 g/mol. The monoisotopic (exact) mass is 307 g/mol. The molecule has 0 aliphatic carbocycles. The highest BCUT2D eigenvalue weighted by Gasteiger charge is 2.20. The number of nitrogens with one attached hydrogen (secondary N) is 2. The Morgan fingerprint density at radius 3 is 2.78 bits per heavy atom. The van der Waals surface area contributed by atoms with Gasteiger partial charge < -0.3 is 0 Å². The fraction of sp³-hybridized carbons (Fsp3) is 0.143. The zero-order valence-electron chi connectivity index (χ0n) is 8.84. The Bertz CT molecular complexity index is 678. The van der Waals surface area contributed by atoms with Crippen LogP contribution in [0.4, 0.5) is 5.13 Å². The topological polar surface area (TPSA) is 118 Å². The number of aryl methyl sites for hydroxylation is 1. The third kappa shape index (κ3) is 2.66. The van der Waals surface area contributed by atoms with E-state index in [1.165, 1.54) is 13.1 Å². The van der Waals surface area contributed by atoms with E-state index in [0.29, 0.717) is 0 Å². The summed E-state index contributed by atoms with van der Waals surface area (Å²) in [7, 11) is 1.36. The maximum atomic E-state index is 11.6. The number of H-pyrrole nitrogens is 1. The molecule has 2 rings (SSSR count). The number of rotatable bonds is 3. The van der Waals surface area contributed by atoms with E-state index >= 15 is 0 Å². The highest BCUT2D eigenvalue weighted by molar-refractivity contribution is 8.15. The van der Waals surface area contributed by atoms with E-state index in [1.807, 2.05) is 0 Å². The third-order valence-electron chi connectivity index (χ3n) is 1.84. The number of amides is 1. The van der Waals surface area contributed by atoms with Crippen LogP contribution in [-0.4, -0.2) is 34.7 Å². The van der Waals surface area contributed by atoms with Crippen molar-refractivity contribution in [1.82, 2.24) is 20.4 Å². The summed E-state index contributed by atoms with van der Waals surface area (Å²) >= 11 is 0.771. The van der Waals surface area contributed by atoms with Crippen LogP contribution in [-0.2, 0) is 9.05 Å². The first-order valence-corrected chi connectivity index (χ1v) is 7.59. The Balaban J connectivity index is 2.24. The molecule has 0 saturated carbocycles. The maximum absolute atomic E-state index is 11.6. The van der Waals surface area contributed by atoms with E-state index in [4.69, 9.17) is 10.7 Å². The van der Waals surface area contributed by atoms with Crippen molar-refractivity contribution >= 4 is 42.1 Å². The molecule has 96 valence electrons. The van der Waals surface area contributed by atoms with Crippen molar-refractivity contribution in [1.29, 1.82) is 0 Å². The first-order chi connectivity index (χ1) is 8.38. The van der Waals surface area contributed by atoms with Crippen LogP contribution in [0.5, 0.6) is 0 Å². The summed E-state index contributed by atoms with van der Waals surface area (Å²) in [5.41, 5.74) is 0.295. The second-order valence-corrected chi connectivity index (χ2v) is 6.90. The van der Waals surface area contributed by atoms with Gasteiger partial charge in [-0.15, -0.1) is 0 Å². The Hall–Kier alpha value is -1.52. The maximum Gasteiger partial charge on any atom is 0.279 e. The Morgan fingerprint density at radius 1 is 1.56 bits per heavy atom. The second-order valence-electron chi connectivity index (χ2n) is 3.14. The van der Waals surface area contributed by atoms with Crippen LogP contribution in [0.15, 0.2) is 10.4 Å². The minimum atomic E-state index is -3.86. The molecule has 0 aromatic carbocycles. The summed E-state index contributed by atoms with van der Waals surface area (Å²) in [6, 6.07) is 0. The van der Waals surface area contributed by atoms with Crippen LogP contribution in [0.3, 0.4) is 0 Å². The van der Waals surface area contributed by atoms with Crippen LogP contribution in [0, 0.1) is 6.92 Å². The molecule has 8 nitrogen and oxygen atoms in total. The highest BCUT2D eigenvalue weighted by atomic mass is 35.7. The summed E-state index contributed by atoms with van der Waals surface area (Å²) in [5, 5.41) is 11.9. The Morgan fingerprint density at radius 2 is 2.28 bits per heavy atom. The lowest BCUT2D eigenvalue weighted by molar-refractivity contribution is 0.102. The summed E-state index contributed by atoms with van der Waals surface area (Å²) < 4.78 is 22.3. The molecule has 2 aromatic rings. The molecule has 2 aromatic heterocycles. The Labute approximate surface area is 110 Å². The zero-order valence-corrected chi connectivity index (χ0v) is 11.2. The molecule has 2 heterocycles. The summed E-state index contributed by atoms with van der Waals surface area (Å²) in [6.45, 7) is 1.48. The SMILES string of the molecule is Cc1nc(NC(=O)c2cn[nH]n2)sc1S(=O)(=O)Cl. The fourth-order valence-electron chi connectivity index (χ4n) is 1.13. The number of nitrogens with zero attached hydrogens (tertiary/aromatic N) is 3. The normalized spacial score (nSPS) is 11.4. The van der Waals surface area contributed by atoms with Gasteiger partial charge in [0.1, 0.15) is 0 Å². The van der Waals surface area contributed by atoms with Crippen molar-refractivity contribution in [2.45, 2.75) is 11.1 Å². The van der Waals surface area contributed by atoms with E-state index in [2.05, 4.69) is 25.7 Å². The molecule has 11 heteroatoms. The molecule has 0 fully saturated rings. The molecule has 0 aliphatic heterocycles. The molecule has 1 amide bonds. The van der Waals surface area contributed by atoms with Gasteiger partial charge in [-0.05, 0) is 6.92 Å². The largest absolute Gasteiger partial charge is 0.296 e. The lowest BCUT2D eigenvalue weighted by Crippen LogP contribution is -2.12. The van der Waals surface area contributed by atoms with E-state index < -0.39 is 15.0 Å². The van der Waals surface area contributed by atoms with Crippen LogP contribution in [0.1, 0.15) is 16.2 Å². The number of hydrogen-bond acceptors (Lipinski definition) is 7. The number of aromatic nitrogens is 4. The average molecular weight is 308 g/mol. The molecule has 0 spiro atoms. The van der Waals surface area contributed by atoms with Gasteiger partial charge in [0, 0.05) is 10.7 Å². The van der Waals surface area contributed by atoms with Crippen molar-refractivity contribution in [3.8, 4) is 0 Å². The van der Waals surface area contributed by atoms with Crippen molar-refractivity contribution in [2.75, 3.05) is 5.32 Å². The quantitative estimate of drug-likeness (QED) is 0.808. The van der Waals surface area contributed by atoms with Crippen LogP contribution >= 0.6 is 22.0 Å². The predicted octanol–water partition coefficient (Wildman–Crippen LogP) is 0.749. The predicted molar refractivity (Wildman–Crippen MR) is 64.2 cm³/mol. The molecule has 18 heavy (non-hydrogen) atoms. The fourth-order valence-corrected chi connectivity index (χ4v) is 3.48. The lowest BCUT2D eigenvalue weighted by Gasteiger charge is -1.95. The first kappa shape index (κ1) is 12.9. The molecule has 0 radical (unpaired) electrons. The molecular formula is C7H6ClN5O3S2. The van der Waals surface area contributed by atoms with E-state index in [0.717, 1.165) is 11.3 Å². The zero-order chi connectivity index (χ0) is 13.3. The third-order valence-corrected chi connectivity index (χ3v) is 5.10. The van der Waals surface area contributed by atoms with Gasteiger partial charge in [-0.1, -0.05) is 11.3 Å². The number of thiazole rings is 1. The van der Waals surface area contributed by atoms with E-state index in [1.54, 1.807) is 0 Å². The van der Waals surface area contributed by atoms with Crippen LogP contribution in [0.25, 0.3) is 0 Å². The molecule has 0 bridgehead atoms. The number of carbonyl (C=O) groups is 1. The average Bonchev–Trinajstić information content (AvgIpc) is 2.85. The minimum absolute atomic E-state index is 0.0677. The van der Waals surface area contributed by atoms with Gasteiger partial charge >= 0.3 is 0 Å². The number of carbonyl (C=O) groups excluding carboxylic acids is 1. The smallest absolute Gasteiger partial charge is 0.279 e. The van der Waals surface area contributed by atoms with Gasteiger partial charge in [-0.3, -0.25) is 10.1 Å². The second kappa shape index (κ2) is 4.63. The first-order valence-electron chi connectivity index (χ1n) is 4.47. The molecule has 0 unspecified atom stereocenters. The molecule has 0 saturated heterocycles. The van der Waals surface area contributed by atoms with E-state index in [9.17, 15) is 13.2 Å². The van der Waals surface area contributed by atoms with Crippen LogP contribution in [0.2, 0.25) is 0 Å². The van der Waals surface area contributed by atoms with Gasteiger partial charge in [-0.25, -0.2) is 13.4 Å². The van der Waals surface area contributed by atoms with Crippen molar-refractivity contribution in [3.63, 3.8) is 0 Å². The summed E-state index contributed by atoms with van der Waals surface area (Å²) in [4.78, 5) is 15.5. The molecule has 0 atom stereocenters. The standard InChI is InChI=1S/C7H6ClN5O3S2/c1-3-6(18(8,15)16)17-7(10-3)11-5(14)4-2-9-13-12-4/h2H,1H3,(H,9,12,13)(H,10,11,14). The number of anilines is 1. The van der Waals surface area contributed by atoms with Gasteiger partial charge in [0.15, 0.2) is 15.0 Å². The number of halogens is 1. The van der Waals surface area contributed by atoms with Crippen molar-refractivity contribution < 1.29 is 13.2 Å². The van der Waals surface area contributed by atoms with E-state index in [-0.39, 0.29) is 20.7 Å².